The predicted octanol–water partition coefficient (Wildman–Crippen LogP) is 13.0. The lowest BCUT2D eigenvalue weighted by atomic mass is 9.95. The van der Waals surface area contributed by atoms with E-state index >= 15 is 8.78 Å². The molecule has 0 aliphatic carbocycles. The van der Waals surface area contributed by atoms with E-state index < -0.39 is 101 Å². The number of halogens is 5. The van der Waals surface area contributed by atoms with Crippen molar-refractivity contribution >= 4 is 36.1 Å². The highest BCUT2D eigenvalue weighted by Gasteiger charge is 2.34. The van der Waals surface area contributed by atoms with Crippen LogP contribution in [0.25, 0.3) is 11.1 Å². The van der Waals surface area contributed by atoms with Gasteiger partial charge in [0.05, 0.1) is 0 Å². The lowest BCUT2D eigenvalue weighted by molar-refractivity contribution is -0.149. The number of benzene rings is 8. The van der Waals surface area contributed by atoms with Crippen LogP contribution in [0.5, 0.6) is 17.2 Å². The Hall–Kier alpha value is -10.8. The maximum atomic E-state index is 15.1. The molecule has 0 spiro atoms. The van der Waals surface area contributed by atoms with Crippen molar-refractivity contribution in [3.63, 3.8) is 0 Å². The number of carbonyl (C=O) groups is 6. The monoisotopic (exact) mass is 1280 g/mol. The van der Waals surface area contributed by atoms with Gasteiger partial charge in [0.25, 0.3) is 0 Å². The van der Waals surface area contributed by atoms with E-state index in [0.717, 1.165) is 11.1 Å². The van der Waals surface area contributed by atoms with E-state index in [9.17, 15) is 41.9 Å². The number of esters is 2. The number of rotatable bonds is 28. The molecular formula is C71H67F5N4O13. The zero-order valence-corrected chi connectivity index (χ0v) is 50.9. The Bertz CT molecular complexity index is 3800. The first kappa shape index (κ1) is 68.1. The summed E-state index contributed by atoms with van der Waals surface area (Å²) in [5, 5.41) is 10.4. The minimum absolute atomic E-state index is 0.00966. The number of amides is 4. The summed E-state index contributed by atoms with van der Waals surface area (Å²) in [7, 11) is 0. The van der Waals surface area contributed by atoms with Crippen molar-refractivity contribution in [2.24, 2.45) is 0 Å². The van der Waals surface area contributed by atoms with E-state index in [-0.39, 0.29) is 75.9 Å². The van der Waals surface area contributed by atoms with Crippen LogP contribution in [0.3, 0.4) is 0 Å². The van der Waals surface area contributed by atoms with E-state index in [2.05, 4.69) is 21.3 Å². The first-order valence-electron chi connectivity index (χ1n) is 29.5. The van der Waals surface area contributed by atoms with Gasteiger partial charge in [0.2, 0.25) is 40.7 Å². The highest BCUT2D eigenvalue weighted by atomic mass is 19.2. The van der Waals surface area contributed by atoms with Crippen LogP contribution in [0.4, 0.5) is 36.3 Å². The molecule has 22 heteroatoms. The Morgan fingerprint density at radius 2 is 0.806 bits per heavy atom. The third kappa shape index (κ3) is 20.9. The minimum Gasteiger partial charge on any atom is -0.489 e. The van der Waals surface area contributed by atoms with Crippen molar-refractivity contribution in [3.05, 3.63) is 256 Å². The fourth-order valence-corrected chi connectivity index (χ4v) is 9.26. The van der Waals surface area contributed by atoms with Crippen molar-refractivity contribution in [2.75, 3.05) is 6.54 Å². The summed E-state index contributed by atoms with van der Waals surface area (Å²) in [6, 6.07) is 49.1. The lowest BCUT2D eigenvalue weighted by Crippen LogP contribution is -2.53. The van der Waals surface area contributed by atoms with Gasteiger partial charge in [-0.05, 0) is 108 Å². The first-order chi connectivity index (χ1) is 44.8. The van der Waals surface area contributed by atoms with E-state index in [4.69, 9.17) is 33.2 Å². The van der Waals surface area contributed by atoms with Crippen LogP contribution in [-0.4, -0.2) is 66.4 Å². The normalized spacial score (nSPS) is 12.0. The van der Waals surface area contributed by atoms with Crippen LogP contribution in [0.2, 0.25) is 0 Å². The molecule has 0 saturated carbocycles. The van der Waals surface area contributed by atoms with Gasteiger partial charge in [-0.25, -0.2) is 37.1 Å². The molecule has 484 valence electrons. The van der Waals surface area contributed by atoms with E-state index in [1.165, 1.54) is 6.07 Å². The highest BCUT2D eigenvalue weighted by Crippen LogP contribution is 2.34. The molecule has 17 nitrogen and oxygen atoms in total. The average Bonchev–Trinajstić information content (AvgIpc) is 0.879. The fourth-order valence-electron chi connectivity index (χ4n) is 9.26. The maximum absolute atomic E-state index is 15.1. The molecule has 4 N–H and O–H groups in total. The Morgan fingerprint density at radius 1 is 0.419 bits per heavy atom. The highest BCUT2D eigenvalue weighted by molar-refractivity contribution is 5.90. The van der Waals surface area contributed by atoms with Gasteiger partial charge < -0.3 is 54.4 Å². The van der Waals surface area contributed by atoms with Crippen molar-refractivity contribution in [2.45, 2.75) is 103 Å². The molecule has 8 aromatic rings. The Labute approximate surface area is 533 Å². The van der Waals surface area contributed by atoms with Crippen LogP contribution in [0.1, 0.15) is 72.6 Å². The smallest absolute Gasteiger partial charge is 0.408 e. The third-order valence-corrected chi connectivity index (χ3v) is 13.9. The van der Waals surface area contributed by atoms with Crippen LogP contribution >= 0.6 is 0 Å². The van der Waals surface area contributed by atoms with Crippen LogP contribution < -0.4 is 35.5 Å². The van der Waals surface area contributed by atoms with Crippen molar-refractivity contribution in [1.29, 1.82) is 0 Å². The molecule has 93 heavy (non-hydrogen) atoms. The zero-order valence-electron chi connectivity index (χ0n) is 50.9. The van der Waals surface area contributed by atoms with Crippen molar-refractivity contribution < 1.29 is 83.9 Å². The number of hydrogen-bond donors (Lipinski definition) is 4. The van der Waals surface area contributed by atoms with Gasteiger partial charge in [0.15, 0.2) is 0 Å². The van der Waals surface area contributed by atoms with Gasteiger partial charge in [-0.15, -0.1) is 0 Å². The predicted molar refractivity (Wildman–Crippen MR) is 331 cm³/mol. The standard InChI is InChI=1S/C71H67F5N4O13/c1-71(2,3)93-70(86)79-54(30-19-35-77-68(84)90-43-48-26-15-7-16-27-48)65(81)78-55(66(82)89-42-47-24-13-6-14-25-47)38-52-36-50(31-33-57(52)87-40-45-20-9-4-10-21-45)51-32-34-58(88-41-46-22-11-5-12-23-46)53(37-51)39-56(80-69(85)91-44-49-28-17-8-18-29-49)67(83)92-64-62(75)60(73)59(72)61(74)63(64)76/h4-18,20-29,31-34,36-37,54-56H,19,30,35,38-44H2,1-3H3,(H,77,84)(H,78,81)(H,79,86)(H,80,85)/t54-,55-,56-/m0/s1. The molecule has 0 aromatic heterocycles. The summed E-state index contributed by atoms with van der Waals surface area (Å²) in [4.78, 5) is 83.0. The quantitative estimate of drug-likeness (QED) is 0.00684. The largest absolute Gasteiger partial charge is 0.489 e. The van der Waals surface area contributed by atoms with E-state index in [1.807, 2.05) is 36.4 Å². The second-order valence-corrected chi connectivity index (χ2v) is 22.2. The van der Waals surface area contributed by atoms with Gasteiger partial charge in [0.1, 0.15) is 68.3 Å². The molecule has 0 unspecified atom stereocenters. The van der Waals surface area contributed by atoms with Crippen molar-refractivity contribution in [1.82, 2.24) is 21.3 Å². The number of nitrogens with one attached hydrogen (secondary N) is 4. The molecule has 0 aliphatic rings. The average molecular weight is 1280 g/mol. The van der Waals surface area contributed by atoms with Gasteiger partial charge in [-0.3, -0.25) is 4.79 Å². The minimum atomic E-state index is -2.50. The van der Waals surface area contributed by atoms with Crippen LogP contribution in [0.15, 0.2) is 188 Å². The number of alkyl carbamates (subject to hydrolysis) is 3. The molecule has 0 fully saturated rings. The van der Waals surface area contributed by atoms with E-state index in [1.54, 1.807) is 166 Å². The Balaban J connectivity index is 1.15. The molecule has 8 rings (SSSR count). The van der Waals surface area contributed by atoms with Gasteiger partial charge in [0, 0.05) is 19.4 Å². The fraction of sp³-hybridized carbons (Fsp3) is 0.239. The summed E-state index contributed by atoms with van der Waals surface area (Å²) in [5.41, 5.74) is 3.70. The molecule has 0 heterocycles. The lowest BCUT2D eigenvalue weighted by Gasteiger charge is -2.25. The van der Waals surface area contributed by atoms with E-state index in [0.29, 0.717) is 33.4 Å². The maximum Gasteiger partial charge on any atom is 0.408 e. The SMILES string of the molecule is CC(C)(C)OC(=O)N[C@@H](CCCNC(=O)OCc1ccccc1)C(=O)N[C@@H](Cc1cc(-c2ccc(OCc3ccccc3)c(C[C@H](NC(=O)OCc3ccccc3)C(=O)Oc3c(F)c(F)c(F)c(F)c3F)c2)ccc1OCc1ccccc1)C(=O)OCc1ccccc1. The summed E-state index contributed by atoms with van der Waals surface area (Å²) in [6.45, 7) is 4.44. The summed E-state index contributed by atoms with van der Waals surface area (Å²) in [6.07, 6.45) is -3.75. The number of hydrogen-bond acceptors (Lipinski definition) is 13. The molecule has 3 atom stereocenters. The van der Waals surface area contributed by atoms with Crippen LogP contribution in [0, 0.1) is 29.1 Å². The van der Waals surface area contributed by atoms with Gasteiger partial charge in [-0.1, -0.05) is 164 Å². The number of ether oxygens (including phenoxy) is 7. The second kappa shape index (κ2) is 33.3. The molecule has 4 amide bonds. The second-order valence-electron chi connectivity index (χ2n) is 22.2. The molecule has 0 bridgehead atoms. The zero-order chi connectivity index (χ0) is 66.3. The van der Waals surface area contributed by atoms with Gasteiger partial charge >= 0.3 is 30.2 Å². The number of carbonyl (C=O) groups excluding carboxylic acids is 6. The molecule has 0 aliphatic heterocycles. The summed E-state index contributed by atoms with van der Waals surface area (Å²) < 4.78 is 113. The van der Waals surface area contributed by atoms with Gasteiger partial charge in [-0.2, -0.15) is 8.78 Å². The summed E-state index contributed by atoms with van der Waals surface area (Å²) in [5.74, 6) is -17.1. The van der Waals surface area contributed by atoms with Crippen LogP contribution in [-0.2, 0) is 79.2 Å². The van der Waals surface area contributed by atoms with Crippen molar-refractivity contribution in [3.8, 4) is 28.4 Å². The molecular weight excluding hydrogens is 1210 g/mol. The topological polar surface area (TPSA) is 215 Å². The summed E-state index contributed by atoms with van der Waals surface area (Å²) >= 11 is 0. The Morgan fingerprint density at radius 3 is 1.25 bits per heavy atom. The Kier molecular flexibility index (Phi) is 24.4. The molecule has 0 radical (unpaired) electrons. The first-order valence-corrected chi connectivity index (χ1v) is 29.5. The molecule has 8 aromatic carbocycles. The molecule has 0 saturated heterocycles. The third-order valence-electron chi connectivity index (χ3n) is 13.9.